The molecule has 8 heteroatoms. The first-order valence-electron chi connectivity index (χ1n) is 3.77. The minimum atomic E-state index is -3.33. The van der Waals surface area contributed by atoms with Gasteiger partial charge in [0, 0.05) is 0 Å². The fraction of sp³-hybridized carbons (Fsp3) is 0.500. The molecule has 7 nitrogen and oxygen atoms in total. The Labute approximate surface area is 82.9 Å². The summed E-state index contributed by atoms with van der Waals surface area (Å²) in [6.07, 6.45) is -2.40. The molecule has 0 aliphatic carbocycles. The van der Waals surface area contributed by atoms with Gasteiger partial charge in [-0.1, -0.05) is 0 Å². The second kappa shape index (κ2) is 3.33. The van der Waals surface area contributed by atoms with Crippen molar-refractivity contribution in [2.24, 2.45) is 0 Å². The third-order valence-electron chi connectivity index (χ3n) is 1.82. The fourth-order valence-electron chi connectivity index (χ4n) is 1.19. The van der Waals surface area contributed by atoms with Crippen LogP contribution in [0.5, 0.6) is 0 Å². The molecule has 2 aliphatic rings. The van der Waals surface area contributed by atoms with E-state index in [4.69, 9.17) is 8.87 Å². The van der Waals surface area contributed by atoms with Crippen LogP contribution < -0.4 is 0 Å². The van der Waals surface area contributed by atoms with Crippen molar-refractivity contribution >= 4 is 20.9 Å². The number of rotatable bonds is 2. The maximum atomic E-state index is 11.0. The molecule has 14 heavy (non-hydrogen) atoms. The summed E-state index contributed by atoms with van der Waals surface area (Å²) in [5, 5.41) is 17.9. The van der Waals surface area contributed by atoms with Gasteiger partial charge < -0.3 is 0 Å². The average Bonchev–Trinajstić information content (AvgIpc) is 2.65. The Kier molecular flexibility index (Phi) is 2.29. The van der Waals surface area contributed by atoms with Crippen LogP contribution in [-0.4, -0.2) is 50.0 Å². The number of aliphatic hydroxyl groups is 2. The summed E-state index contributed by atoms with van der Waals surface area (Å²) in [6.45, 7) is -0.591. The topological polar surface area (TPSA) is 102 Å². The molecule has 0 radical (unpaired) electrons. The summed E-state index contributed by atoms with van der Waals surface area (Å²) < 4.78 is 24.9. The Morgan fingerprint density at radius 1 is 1.50 bits per heavy atom. The van der Waals surface area contributed by atoms with Crippen LogP contribution in [0.3, 0.4) is 0 Å². The second-order valence-corrected chi connectivity index (χ2v) is 4.63. The van der Waals surface area contributed by atoms with Crippen LogP contribution in [-0.2, 0) is 20.8 Å². The number of esters is 1. The first-order valence-corrected chi connectivity index (χ1v) is 6.34. The molecule has 76 valence electrons. The van der Waals surface area contributed by atoms with Gasteiger partial charge in [-0.05, 0) is 0 Å². The standard InChI is InChI=1S/C6H6GeO7/c8-1-2(9)3-4-5(6(10)12-3)14-7(11)13-4/h2-3,8-9H,1H2. The third kappa shape index (κ3) is 1.33. The predicted molar refractivity (Wildman–Crippen MR) is 38.6 cm³/mol. The van der Waals surface area contributed by atoms with Crippen molar-refractivity contribution in [2.45, 2.75) is 12.2 Å². The van der Waals surface area contributed by atoms with E-state index in [1.54, 1.807) is 0 Å². The molecule has 0 saturated heterocycles. The molecule has 0 aromatic heterocycles. The zero-order valence-corrected chi connectivity index (χ0v) is 8.90. The number of hydrogen-bond acceptors (Lipinski definition) is 7. The van der Waals surface area contributed by atoms with Gasteiger partial charge in [0.1, 0.15) is 0 Å². The summed E-state index contributed by atoms with van der Waals surface area (Å²) in [5.41, 5.74) is 0. The van der Waals surface area contributed by atoms with E-state index in [0.717, 1.165) is 0 Å². The van der Waals surface area contributed by atoms with E-state index in [1.807, 2.05) is 0 Å². The normalized spacial score (nSPS) is 26.9. The molecule has 2 N–H and O–H groups in total. The number of hydrogen-bond donors (Lipinski definition) is 2. The van der Waals surface area contributed by atoms with Gasteiger partial charge in [0.05, 0.1) is 0 Å². The number of carbonyl (C=O) groups excluding carboxylic acids is 1. The fourth-order valence-corrected chi connectivity index (χ4v) is 2.83. The van der Waals surface area contributed by atoms with Crippen LogP contribution in [0.1, 0.15) is 0 Å². The molecule has 0 bridgehead atoms. The molecule has 0 spiro atoms. The number of cyclic esters (lactones) is 1. The first-order chi connectivity index (χ1) is 6.63. The average molecular weight is 263 g/mol. The van der Waals surface area contributed by atoms with Crippen molar-refractivity contribution in [3.8, 4) is 0 Å². The Balaban J connectivity index is 2.25. The Bertz CT molecular complexity index is 335. The van der Waals surface area contributed by atoms with Crippen molar-refractivity contribution in [2.75, 3.05) is 6.61 Å². The van der Waals surface area contributed by atoms with Crippen molar-refractivity contribution in [3.05, 3.63) is 11.5 Å². The molecular weight excluding hydrogens is 257 g/mol. The van der Waals surface area contributed by atoms with Gasteiger partial charge in [0.2, 0.25) is 0 Å². The summed E-state index contributed by atoms with van der Waals surface area (Å²) in [6, 6.07) is 0. The molecule has 0 aromatic carbocycles. The summed E-state index contributed by atoms with van der Waals surface area (Å²) in [5.74, 6) is -1.13. The van der Waals surface area contributed by atoms with Crippen LogP contribution in [0.2, 0.25) is 0 Å². The van der Waals surface area contributed by atoms with Gasteiger partial charge in [-0.2, -0.15) is 0 Å². The Hall–Kier alpha value is -0.927. The van der Waals surface area contributed by atoms with Crippen molar-refractivity contribution in [1.82, 2.24) is 0 Å². The van der Waals surface area contributed by atoms with Gasteiger partial charge in [0.25, 0.3) is 0 Å². The molecule has 2 unspecified atom stereocenters. The van der Waals surface area contributed by atoms with E-state index in [2.05, 4.69) is 8.50 Å². The summed E-state index contributed by atoms with van der Waals surface area (Å²) in [4.78, 5) is 11.0. The first kappa shape index (κ1) is 9.62. The molecule has 0 aromatic rings. The molecule has 2 heterocycles. The van der Waals surface area contributed by atoms with Crippen LogP contribution in [0, 0.1) is 0 Å². The molecule has 0 amide bonds. The van der Waals surface area contributed by atoms with E-state index in [0.29, 0.717) is 0 Å². The van der Waals surface area contributed by atoms with Crippen LogP contribution in [0.4, 0.5) is 0 Å². The SMILES string of the molecule is O=C1OC(C(O)CO)C2=C1[O][Ge](=[O])[O]2. The van der Waals surface area contributed by atoms with E-state index in [1.165, 1.54) is 0 Å². The zero-order chi connectivity index (χ0) is 10.3. The van der Waals surface area contributed by atoms with Crippen LogP contribution >= 0.6 is 0 Å². The molecule has 2 atom stereocenters. The number of aliphatic hydroxyl groups excluding tert-OH is 2. The molecule has 2 aliphatic heterocycles. The van der Waals surface area contributed by atoms with Crippen molar-refractivity contribution < 1.29 is 31.0 Å². The third-order valence-corrected chi connectivity index (χ3v) is 3.41. The summed E-state index contributed by atoms with van der Waals surface area (Å²) >= 11 is -3.33. The van der Waals surface area contributed by atoms with E-state index < -0.39 is 39.7 Å². The van der Waals surface area contributed by atoms with Gasteiger partial charge in [-0.15, -0.1) is 0 Å². The Morgan fingerprint density at radius 2 is 2.21 bits per heavy atom. The quantitative estimate of drug-likeness (QED) is 0.436. The van der Waals surface area contributed by atoms with Gasteiger partial charge in [-0.25, -0.2) is 0 Å². The van der Waals surface area contributed by atoms with Crippen molar-refractivity contribution in [3.63, 3.8) is 0 Å². The van der Waals surface area contributed by atoms with E-state index in [9.17, 15) is 13.7 Å². The molecular formula is C6H6GeO7. The second-order valence-electron chi connectivity index (χ2n) is 2.72. The van der Waals surface area contributed by atoms with Gasteiger partial charge >= 0.3 is 82.3 Å². The minimum absolute atomic E-state index is 0.0680. The number of carbonyl (C=O) groups is 1. The van der Waals surface area contributed by atoms with Crippen molar-refractivity contribution in [1.29, 1.82) is 0 Å². The van der Waals surface area contributed by atoms with Crippen LogP contribution in [0.25, 0.3) is 0 Å². The summed E-state index contributed by atoms with van der Waals surface area (Å²) in [7, 11) is 0. The zero-order valence-electron chi connectivity index (χ0n) is 6.80. The van der Waals surface area contributed by atoms with E-state index in [-0.39, 0.29) is 11.5 Å². The van der Waals surface area contributed by atoms with Gasteiger partial charge in [0.15, 0.2) is 0 Å². The van der Waals surface area contributed by atoms with Crippen LogP contribution in [0.15, 0.2) is 11.5 Å². The number of ether oxygens (including phenoxy) is 1. The molecule has 0 fully saturated rings. The van der Waals surface area contributed by atoms with Gasteiger partial charge in [-0.3, -0.25) is 0 Å². The monoisotopic (exact) mass is 264 g/mol. The van der Waals surface area contributed by atoms with E-state index >= 15 is 0 Å². The maximum absolute atomic E-state index is 11.0. The Morgan fingerprint density at radius 3 is 2.86 bits per heavy atom. The molecule has 2 rings (SSSR count). The molecule has 0 saturated carbocycles. The predicted octanol–water partition coefficient (Wildman–Crippen LogP) is -2.06.